The number of hydrogen-bond acceptors (Lipinski definition) is 2. The van der Waals surface area contributed by atoms with E-state index in [-0.39, 0.29) is 16.8 Å². The highest BCUT2D eigenvalue weighted by Crippen LogP contribution is 2.20. The van der Waals surface area contributed by atoms with Gasteiger partial charge in [0.1, 0.15) is 0 Å². The Kier molecular flexibility index (Phi) is 7.31. The molecule has 0 bridgehead atoms. The van der Waals surface area contributed by atoms with Gasteiger partial charge >= 0.3 is 0 Å². The third-order valence-corrected chi connectivity index (χ3v) is 5.01. The SMILES string of the molecule is C=C=C(C)/C=C\C(=C/CCl)S(=O)(=O)NC1CCCCC1. The van der Waals surface area contributed by atoms with Crippen molar-refractivity contribution < 1.29 is 8.42 Å². The molecule has 0 radical (unpaired) electrons. The summed E-state index contributed by atoms with van der Waals surface area (Å²) in [5.41, 5.74) is 3.48. The van der Waals surface area contributed by atoms with Crippen LogP contribution < -0.4 is 4.72 Å². The molecule has 5 heteroatoms. The summed E-state index contributed by atoms with van der Waals surface area (Å²) in [6.45, 7) is 5.32. The molecule has 0 aromatic rings. The summed E-state index contributed by atoms with van der Waals surface area (Å²) in [5, 5.41) is 0. The maximum atomic E-state index is 12.4. The van der Waals surface area contributed by atoms with Gasteiger partial charge in [-0.1, -0.05) is 31.9 Å². The quantitative estimate of drug-likeness (QED) is 0.462. The fraction of sp³-hybridized carbons (Fsp3) is 0.533. The summed E-state index contributed by atoms with van der Waals surface area (Å²) in [5.74, 6) is 0.155. The van der Waals surface area contributed by atoms with Crippen LogP contribution in [0.2, 0.25) is 0 Å². The van der Waals surface area contributed by atoms with Gasteiger partial charge in [-0.05, 0) is 37.5 Å². The average Bonchev–Trinajstić information content (AvgIpc) is 2.43. The second-order valence-corrected chi connectivity index (χ2v) is 6.93. The second-order valence-electron chi connectivity index (χ2n) is 4.91. The number of allylic oxidation sites excluding steroid dienone is 4. The molecule has 1 rings (SSSR count). The predicted molar refractivity (Wildman–Crippen MR) is 85.2 cm³/mol. The van der Waals surface area contributed by atoms with Crippen molar-refractivity contribution in [2.75, 3.05) is 5.88 Å². The summed E-state index contributed by atoms with van der Waals surface area (Å²) in [7, 11) is -3.51. The molecule has 1 N–H and O–H groups in total. The molecule has 1 fully saturated rings. The van der Waals surface area contributed by atoms with Crippen LogP contribution in [0.5, 0.6) is 0 Å². The van der Waals surface area contributed by atoms with Crippen molar-refractivity contribution in [2.45, 2.75) is 45.1 Å². The zero-order valence-electron chi connectivity index (χ0n) is 11.9. The number of rotatable bonds is 6. The molecule has 0 amide bonds. The van der Waals surface area contributed by atoms with E-state index in [1.807, 2.05) is 6.92 Å². The zero-order valence-corrected chi connectivity index (χ0v) is 13.4. The van der Waals surface area contributed by atoms with Gasteiger partial charge in [0.2, 0.25) is 10.0 Å². The number of sulfonamides is 1. The molecule has 3 nitrogen and oxygen atoms in total. The first-order valence-electron chi connectivity index (χ1n) is 6.83. The van der Waals surface area contributed by atoms with Gasteiger partial charge in [-0.15, -0.1) is 17.3 Å². The first-order valence-corrected chi connectivity index (χ1v) is 8.84. The number of alkyl halides is 1. The van der Waals surface area contributed by atoms with E-state index in [1.165, 1.54) is 12.5 Å². The van der Waals surface area contributed by atoms with Crippen molar-refractivity contribution >= 4 is 21.6 Å². The monoisotopic (exact) mass is 315 g/mol. The molecule has 0 saturated heterocycles. The number of halogens is 1. The Hall–Kier alpha value is -0.800. The van der Waals surface area contributed by atoms with Gasteiger partial charge < -0.3 is 0 Å². The van der Waals surface area contributed by atoms with Gasteiger partial charge in [-0.3, -0.25) is 0 Å². The van der Waals surface area contributed by atoms with E-state index in [0.717, 1.165) is 31.3 Å². The molecule has 0 spiro atoms. The normalized spacial score (nSPS) is 18.2. The van der Waals surface area contributed by atoms with Crippen LogP contribution in [-0.2, 0) is 10.0 Å². The topological polar surface area (TPSA) is 46.2 Å². The van der Waals surface area contributed by atoms with E-state index in [0.29, 0.717) is 0 Å². The summed E-state index contributed by atoms with van der Waals surface area (Å²) in [6, 6.07) is 0.0388. The molecule has 0 aromatic carbocycles. The Morgan fingerprint density at radius 1 is 1.35 bits per heavy atom. The van der Waals surface area contributed by atoms with Crippen LogP contribution in [0.1, 0.15) is 39.0 Å². The maximum absolute atomic E-state index is 12.4. The summed E-state index contributed by atoms with van der Waals surface area (Å²) >= 11 is 5.66. The minimum atomic E-state index is -3.51. The van der Waals surface area contributed by atoms with Crippen LogP contribution in [0, 0.1) is 0 Å². The van der Waals surface area contributed by atoms with E-state index in [2.05, 4.69) is 17.0 Å². The van der Waals surface area contributed by atoms with Crippen LogP contribution in [-0.4, -0.2) is 20.3 Å². The highest BCUT2D eigenvalue weighted by atomic mass is 35.5. The minimum absolute atomic E-state index is 0.0388. The van der Waals surface area contributed by atoms with Crippen molar-refractivity contribution in [3.63, 3.8) is 0 Å². The van der Waals surface area contributed by atoms with Gasteiger partial charge in [0.15, 0.2) is 0 Å². The van der Waals surface area contributed by atoms with Crippen molar-refractivity contribution in [1.82, 2.24) is 4.72 Å². The molecule has 0 unspecified atom stereocenters. The Bertz CT molecular complexity index is 522. The summed E-state index contributed by atoms with van der Waals surface area (Å²) in [6.07, 6.45) is 9.87. The standard InChI is InChI=1S/C15H22ClNO2S/c1-3-13(2)9-10-15(11-12-16)20(18,19)17-14-7-5-4-6-8-14/h9-11,14,17H,1,4-8,12H2,2H3/b10-9-,15-11+. The van der Waals surface area contributed by atoms with Crippen LogP contribution in [0.3, 0.4) is 0 Å². The van der Waals surface area contributed by atoms with E-state index in [4.69, 9.17) is 11.6 Å². The van der Waals surface area contributed by atoms with Crippen molar-refractivity contribution in [1.29, 1.82) is 0 Å². The van der Waals surface area contributed by atoms with Crippen LogP contribution in [0.4, 0.5) is 0 Å². The smallest absolute Gasteiger partial charge is 0.208 e. The second kappa shape index (κ2) is 8.48. The Labute approximate surface area is 127 Å². The average molecular weight is 316 g/mol. The molecule has 0 heterocycles. The Morgan fingerprint density at radius 2 is 2.00 bits per heavy atom. The third kappa shape index (κ3) is 5.68. The highest BCUT2D eigenvalue weighted by molar-refractivity contribution is 7.93. The molecule has 1 saturated carbocycles. The molecule has 20 heavy (non-hydrogen) atoms. The lowest BCUT2D eigenvalue weighted by Crippen LogP contribution is -2.36. The first kappa shape index (κ1) is 17.3. The predicted octanol–water partition coefficient (Wildman–Crippen LogP) is 3.65. The fourth-order valence-electron chi connectivity index (χ4n) is 2.12. The third-order valence-electron chi connectivity index (χ3n) is 3.29. The Balaban J connectivity index is 2.86. The molecule has 112 valence electrons. The molecule has 0 aromatic heterocycles. The lowest BCUT2D eigenvalue weighted by atomic mass is 9.96. The van der Waals surface area contributed by atoms with Gasteiger partial charge in [0.05, 0.1) is 4.91 Å². The lowest BCUT2D eigenvalue weighted by molar-refractivity contribution is 0.413. The number of nitrogens with one attached hydrogen (secondary N) is 1. The molecule has 1 aliphatic rings. The zero-order chi connectivity index (χ0) is 15.0. The van der Waals surface area contributed by atoms with Crippen molar-refractivity contribution in [3.05, 3.63) is 41.0 Å². The minimum Gasteiger partial charge on any atom is -0.208 e. The largest absolute Gasteiger partial charge is 0.240 e. The van der Waals surface area contributed by atoms with Crippen molar-refractivity contribution in [3.8, 4) is 0 Å². The van der Waals surface area contributed by atoms with Gasteiger partial charge in [-0.25, -0.2) is 13.1 Å². The van der Waals surface area contributed by atoms with Gasteiger partial charge in [0, 0.05) is 11.9 Å². The fourth-order valence-corrected chi connectivity index (χ4v) is 3.74. The number of hydrogen-bond donors (Lipinski definition) is 1. The lowest BCUT2D eigenvalue weighted by Gasteiger charge is -2.22. The first-order chi connectivity index (χ1) is 9.49. The maximum Gasteiger partial charge on any atom is 0.240 e. The van der Waals surface area contributed by atoms with Crippen LogP contribution >= 0.6 is 11.6 Å². The van der Waals surface area contributed by atoms with Crippen LogP contribution in [0.25, 0.3) is 0 Å². The molecule has 0 atom stereocenters. The van der Waals surface area contributed by atoms with E-state index in [9.17, 15) is 8.42 Å². The molecule has 1 aliphatic carbocycles. The molecular weight excluding hydrogens is 294 g/mol. The van der Waals surface area contributed by atoms with E-state index < -0.39 is 10.0 Å². The summed E-state index contributed by atoms with van der Waals surface area (Å²) < 4.78 is 27.5. The van der Waals surface area contributed by atoms with Gasteiger partial charge in [0.25, 0.3) is 0 Å². The molecule has 0 aliphatic heterocycles. The van der Waals surface area contributed by atoms with Crippen molar-refractivity contribution in [2.24, 2.45) is 0 Å². The summed E-state index contributed by atoms with van der Waals surface area (Å²) in [4.78, 5) is 0.202. The highest BCUT2D eigenvalue weighted by Gasteiger charge is 2.22. The van der Waals surface area contributed by atoms with Gasteiger partial charge in [-0.2, -0.15) is 0 Å². The van der Waals surface area contributed by atoms with Crippen LogP contribution in [0.15, 0.2) is 41.0 Å². The Morgan fingerprint density at radius 3 is 2.55 bits per heavy atom. The molecular formula is C15H22ClNO2S. The van der Waals surface area contributed by atoms with E-state index >= 15 is 0 Å². The van der Waals surface area contributed by atoms with E-state index in [1.54, 1.807) is 12.2 Å².